The van der Waals surface area contributed by atoms with Gasteiger partial charge in [-0.05, 0) is 66.1 Å². The summed E-state index contributed by atoms with van der Waals surface area (Å²) in [5, 5.41) is 5.76. The summed E-state index contributed by atoms with van der Waals surface area (Å²) in [6.45, 7) is 2.06. The molecule has 0 unspecified atom stereocenters. The van der Waals surface area contributed by atoms with Crippen molar-refractivity contribution in [3.05, 3.63) is 65.5 Å². The zero-order valence-electron chi connectivity index (χ0n) is 17.3. The Labute approximate surface area is 190 Å². The molecule has 0 saturated heterocycles. The largest absolute Gasteiger partial charge is 0.333 e. The number of nitrogens with zero attached hydrogens (tertiary/aromatic N) is 3. The van der Waals surface area contributed by atoms with Crippen LogP contribution in [0, 0.1) is 0 Å². The van der Waals surface area contributed by atoms with E-state index in [0.717, 1.165) is 22.4 Å². The maximum atomic E-state index is 13.3. The number of hydrogen-bond donors (Lipinski definition) is 0. The predicted octanol–water partition coefficient (Wildman–Crippen LogP) is 5.57. The number of hydrogen-bond acceptors (Lipinski definition) is 7. The van der Waals surface area contributed by atoms with E-state index in [1.54, 1.807) is 30.3 Å². The van der Waals surface area contributed by atoms with Crippen molar-refractivity contribution in [2.45, 2.75) is 23.1 Å². The summed E-state index contributed by atoms with van der Waals surface area (Å²) >= 11 is 2.91. The van der Waals surface area contributed by atoms with Gasteiger partial charge in [0, 0.05) is 17.5 Å². The van der Waals surface area contributed by atoms with Gasteiger partial charge in [0.05, 0.1) is 5.69 Å². The molecule has 0 aliphatic carbocycles. The lowest BCUT2D eigenvalue weighted by molar-refractivity contribution is 0.432. The molecule has 160 valence electrons. The normalized spacial score (nSPS) is 11.6. The van der Waals surface area contributed by atoms with Crippen LogP contribution >= 0.6 is 23.1 Å². The molecule has 4 aromatic rings. The van der Waals surface area contributed by atoms with Crippen LogP contribution in [0.5, 0.6) is 0 Å². The highest BCUT2D eigenvalue weighted by Crippen LogP contribution is 2.35. The highest BCUT2D eigenvalue weighted by molar-refractivity contribution is 7.98. The number of anilines is 1. The van der Waals surface area contributed by atoms with E-state index in [1.807, 2.05) is 54.8 Å². The molecule has 0 amide bonds. The van der Waals surface area contributed by atoms with Crippen molar-refractivity contribution >= 4 is 38.8 Å². The number of sulfonamides is 1. The van der Waals surface area contributed by atoms with E-state index in [1.165, 1.54) is 15.6 Å². The fourth-order valence-electron chi connectivity index (χ4n) is 3.06. The second-order valence-electron chi connectivity index (χ2n) is 6.76. The van der Waals surface area contributed by atoms with E-state index in [-0.39, 0.29) is 10.8 Å². The van der Waals surface area contributed by atoms with Gasteiger partial charge in [-0.3, -0.25) is 4.31 Å². The first kappa shape index (κ1) is 21.6. The Morgan fingerprint density at radius 1 is 1.06 bits per heavy atom. The van der Waals surface area contributed by atoms with Gasteiger partial charge in [-0.2, -0.15) is 4.98 Å². The summed E-state index contributed by atoms with van der Waals surface area (Å²) in [5.41, 5.74) is 2.55. The highest BCUT2D eigenvalue weighted by atomic mass is 32.2. The van der Waals surface area contributed by atoms with Gasteiger partial charge in [-0.25, -0.2) is 8.42 Å². The van der Waals surface area contributed by atoms with Gasteiger partial charge in [0.15, 0.2) is 0 Å². The monoisotopic (exact) mass is 471 g/mol. The molecule has 0 radical (unpaired) electrons. The molecule has 0 fully saturated rings. The Morgan fingerprint density at radius 3 is 2.42 bits per heavy atom. The number of rotatable bonds is 7. The Morgan fingerprint density at radius 2 is 1.77 bits per heavy atom. The lowest BCUT2D eigenvalue weighted by Crippen LogP contribution is -2.26. The van der Waals surface area contributed by atoms with Gasteiger partial charge >= 0.3 is 0 Å². The Hall–Kier alpha value is -2.62. The quantitative estimate of drug-likeness (QED) is 0.328. The highest BCUT2D eigenvalue weighted by Gasteiger charge is 2.28. The van der Waals surface area contributed by atoms with E-state index >= 15 is 0 Å². The van der Waals surface area contributed by atoms with Gasteiger partial charge in [0.1, 0.15) is 9.77 Å². The van der Waals surface area contributed by atoms with Crippen molar-refractivity contribution in [2.24, 2.45) is 0 Å². The van der Waals surface area contributed by atoms with Crippen LogP contribution in [-0.2, 0) is 16.4 Å². The van der Waals surface area contributed by atoms with Crippen LogP contribution in [0.1, 0.15) is 12.5 Å². The predicted molar refractivity (Wildman–Crippen MR) is 126 cm³/mol. The van der Waals surface area contributed by atoms with Crippen molar-refractivity contribution < 1.29 is 12.9 Å². The number of thioether (sulfide) groups is 1. The molecule has 0 aliphatic heterocycles. The van der Waals surface area contributed by atoms with Crippen molar-refractivity contribution in [2.75, 3.05) is 17.6 Å². The van der Waals surface area contributed by atoms with Gasteiger partial charge in [-0.15, -0.1) is 23.1 Å². The molecule has 4 rings (SSSR count). The molecule has 0 spiro atoms. The summed E-state index contributed by atoms with van der Waals surface area (Å²) in [6.07, 6.45) is 2.90. The summed E-state index contributed by atoms with van der Waals surface area (Å²) in [5.74, 6) is 0.607. The molecule has 31 heavy (non-hydrogen) atoms. The van der Waals surface area contributed by atoms with Gasteiger partial charge in [-0.1, -0.05) is 24.2 Å². The van der Waals surface area contributed by atoms with Crippen molar-refractivity contribution in [1.29, 1.82) is 0 Å². The fourth-order valence-corrected chi connectivity index (χ4v) is 5.98. The standard InChI is InChI=1S/C22H21N3O3S3/c1-4-15-5-9-17(10-6-15)25(2)31(26,27)19-13-14-30-20(19)22-23-21(24-28-22)16-7-11-18(29-3)12-8-16/h5-14H,4H2,1-3H3. The van der Waals surface area contributed by atoms with Crippen molar-refractivity contribution in [3.8, 4) is 22.2 Å². The Kier molecular flexibility index (Phi) is 6.17. The molecule has 6 nitrogen and oxygen atoms in total. The van der Waals surface area contributed by atoms with Crippen molar-refractivity contribution in [1.82, 2.24) is 10.1 Å². The van der Waals surface area contributed by atoms with Crippen molar-refractivity contribution in [3.63, 3.8) is 0 Å². The number of benzene rings is 2. The van der Waals surface area contributed by atoms with Gasteiger partial charge in [0.2, 0.25) is 5.82 Å². The Balaban J connectivity index is 1.66. The molecule has 2 aromatic carbocycles. The first-order valence-corrected chi connectivity index (χ1v) is 13.1. The van der Waals surface area contributed by atoms with Crippen LogP contribution in [0.4, 0.5) is 5.69 Å². The van der Waals surface area contributed by atoms with Crippen LogP contribution in [0.3, 0.4) is 0 Å². The van der Waals surface area contributed by atoms with Gasteiger partial charge < -0.3 is 4.52 Å². The SMILES string of the molecule is CCc1ccc(N(C)S(=O)(=O)c2ccsc2-c2nc(-c3ccc(SC)cc3)no2)cc1. The lowest BCUT2D eigenvalue weighted by atomic mass is 10.1. The number of aryl methyl sites for hydroxylation is 1. The molecule has 0 N–H and O–H groups in total. The molecule has 0 bridgehead atoms. The van der Waals surface area contributed by atoms with E-state index in [0.29, 0.717) is 16.4 Å². The second-order valence-corrected chi connectivity index (χ2v) is 10.5. The number of thiophene rings is 1. The molecule has 2 heterocycles. The minimum absolute atomic E-state index is 0.146. The first-order valence-electron chi connectivity index (χ1n) is 9.58. The van der Waals surface area contributed by atoms with Crippen LogP contribution in [-0.4, -0.2) is 31.9 Å². The molecule has 9 heteroatoms. The van der Waals surface area contributed by atoms with Crippen LogP contribution in [0.25, 0.3) is 22.2 Å². The lowest BCUT2D eigenvalue weighted by Gasteiger charge is -2.19. The maximum Gasteiger partial charge on any atom is 0.269 e. The van der Waals surface area contributed by atoms with Crippen LogP contribution < -0.4 is 4.31 Å². The third kappa shape index (κ3) is 4.26. The maximum absolute atomic E-state index is 13.3. The smallest absolute Gasteiger partial charge is 0.269 e. The molecular weight excluding hydrogens is 450 g/mol. The van der Waals surface area contributed by atoms with E-state index in [9.17, 15) is 8.42 Å². The van der Waals surface area contributed by atoms with Crippen LogP contribution in [0.15, 0.2) is 74.3 Å². The molecule has 2 aromatic heterocycles. The third-order valence-electron chi connectivity index (χ3n) is 4.94. The van der Waals surface area contributed by atoms with Gasteiger partial charge in [0.25, 0.3) is 15.9 Å². The topological polar surface area (TPSA) is 76.3 Å². The molecule has 0 saturated carbocycles. The summed E-state index contributed by atoms with van der Waals surface area (Å²) < 4.78 is 33.4. The number of aromatic nitrogens is 2. The molecule has 0 aliphatic rings. The fraction of sp³-hybridized carbons (Fsp3) is 0.182. The average molecular weight is 472 g/mol. The van der Waals surface area contributed by atoms with Crippen LogP contribution in [0.2, 0.25) is 0 Å². The minimum Gasteiger partial charge on any atom is -0.333 e. The zero-order valence-corrected chi connectivity index (χ0v) is 19.7. The van der Waals surface area contributed by atoms with E-state index in [4.69, 9.17) is 4.52 Å². The molecular formula is C22H21N3O3S3. The second kappa shape index (κ2) is 8.86. The Bertz CT molecular complexity index is 1280. The minimum atomic E-state index is -3.80. The summed E-state index contributed by atoms with van der Waals surface area (Å²) in [6, 6.07) is 16.9. The molecule has 0 atom stereocenters. The first-order chi connectivity index (χ1) is 14.9. The zero-order chi connectivity index (χ0) is 22.0. The van der Waals surface area contributed by atoms with E-state index in [2.05, 4.69) is 17.1 Å². The summed E-state index contributed by atoms with van der Waals surface area (Å²) in [4.78, 5) is 6.16. The van der Waals surface area contributed by atoms with E-state index < -0.39 is 10.0 Å². The summed E-state index contributed by atoms with van der Waals surface area (Å²) in [7, 11) is -2.25. The average Bonchev–Trinajstić information content (AvgIpc) is 3.48. The third-order valence-corrected chi connectivity index (χ3v) is 8.55.